The Bertz CT molecular complexity index is 669. The number of hydrogen-bond acceptors (Lipinski definition) is 7. The number of nitrogens with two attached hydrogens (primary N) is 3. The molecule has 8 N–H and O–H groups in total. The van der Waals surface area contributed by atoms with E-state index in [0.29, 0.717) is 30.6 Å². The van der Waals surface area contributed by atoms with E-state index in [2.05, 4.69) is 31.4 Å². The summed E-state index contributed by atoms with van der Waals surface area (Å²) >= 11 is 0. The van der Waals surface area contributed by atoms with Crippen LogP contribution in [0.25, 0.3) is 5.70 Å². The van der Waals surface area contributed by atoms with E-state index < -0.39 is 0 Å². The Labute approximate surface area is 187 Å². The average Bonchev–Trinajstić information content (AvgIpc) is 2.74. The van der Waals surface area contributed by atoms with E-state index in [9.17, 15) is 4.79 Å². The maximum absolute atomic E-state index is 11.2. The first-order valence-corrected chi connectivity index (χ1v) is 11.1. The molecule has 8 nitrogen and oxygen atoms in total. The van der Waals surface area contributed by atoms with Gasteiger partial charge in [-0.3, -0.25) is 4.79 Å². The zero-order valence-electron chi connectivity index (χ0n) is 19.5. The third kappa shape index (κ3) is 10.0. The number of nitrogens with one attached hydrogen (secondary N) is 2. The molecule has 0 aliphatic rings. The lowest BCUT2D eigenvalue weighted by molar-refractivity contribution is -0.110. The molecule has 0 spiro atoms. The Balaban J connectivity index is 2.59. The summed E-state index contributed by atoms with van der Waals surface area (Å²) in [5.74, 6) is 6.31. The van der Waals surface area contributed by atoms with Gasteiger partial charge >= 0.3 is 0 Å². The number of unbranched alkanes of at least 4 members (excludes halogenated alkanes) is 1. The van der Waals surface area contributed by atoms with Crippen molar-refractivity contribution >= 4 is 17.8 Å². The number of rotatable bonds is 16. The highest BCUT2D eigenvalue weighted by Crippen LogP contribution is 2.18. The van der Waals surface area contributed by atoms with Crippen molar-refractivity contribution in [1.82, 2.24) is 15.6 Å². The quantitative estimate of drug-likeness (QED) is 0.0884. The maximum atomic E-state index is 11.2. The van der Waals surface area contributed by atoms with Crippen LogP contribution in [0.15, 0.2) is 30.5 Å². The average molecular weight is 435 g/mol. The molecule has 8 heteroatoms. The van der Waals surface area contributed by atoms with Crippen molar-refractivity contribution in [2.45, 2.75) is 64.6 Å². The lowest BCUT2D eigenvalue weighted by Crippen LogP contribution is -2.53. The van der Waals surface area contributed by atoms with Gasteiger partial charge < -0.3 is 31.8 Å². The van der Waals surface area contributed by atoms with Gasteiger partial charge in [0, 0.05) is 55.1 Å². The van der Waals surface area contributed by atoms with Crippen molar-refractivity contribution in [3.8, 4) is 0 Å². The van der Waals surface area contributed by atoms with Crippen LogP contribution in [-0.2, 0) is 9.53 Å². The molecule has 0 radical (unpaired) electrons. The second kappa shape index (κ2) is 14.7. The minimum Gasteiger partial charge on any atom is -0.399 e. The third-order valence-electron chi connectivity index (χ3n) is 5.61. The summed E-state index contributed by atoms with van der Waals surface area (Å²) in [7, 11) is 1.70. The summed E-state index contributed by atoms with van der Waals surface area (Å²) in [6, 6.07) is 7.94. The first kappa shape index (κ1) is 26.7. The molecule has 0 saturated carbocycles. The molecule has 1 aromatic rings. The van der Waals surface area contributed by atoms with Crippen LogP contribution >= 0.6 is 0 Å². The number of hydrogen-bond donors (Lipinski definition) is 5. The van der Waals surface area contributed by atoms with Gasteiger partial charge in [0.15, 0.2) is 0 Å². The van der Waals surface area contributed by atoms with Gasteiger partial charge in [0.05, 0.1) is 12.3 Å². The molecule has 1 aromatic carbocycles. The van der Waals surface area contributed by atoms with Crippen molar-refractivity contribution < 1.29 is 9.53 Å². The summed E-state index contributed by atoms with van der Waals surface area (Å²) in [6.07, 6.45) is 6.34. The molecule has 0 saturated heterocycles. The normalized spacial score (nSPS) is 15.7. The Kier molecular flexibility index (Phi) is 12.7. The predicted octanol–water partition coefficient (Wildman–Crippen LogP) is 2.03. The zero-order valence-corrected chi connectivity index (χ0v) is 19.5. The number of carbonyl (C=O) groups is 1. The second-order valence-electron chi connectivity index (χ2n) is 8.23. The lowest BCUT2D eigenvalue weighted by atomic mass is 9.89. The number of ether oxygens (including phenoxy) is 1. The molecule has 1 rings (SSSR count). The Morgan fingerprint density at radius 3 is 2.65 bits per heavy atom. The third-order valence-corrected chi connectivity index (χ3v) is 5.61. The Morgan fingerprint density at radius 2 is 2.03 bits per heavy atom. The fourth-order valence-electron chi connectivity index (χ4n) is 3.76. The van der Waals surface area contributed by atoms with E-state index in [1.807, 2.05) is 24.3 Å². The van der Waals surface area contributed by atoms with Crippen LogP contribution in [0.5, 0.6) is 0 Å². The fourth-order valence-corrected chi connectivity index (χ4v) is 3.76. The van der Waals surface area contributed by atoms with Crippen LogP contribution in [0, 0.1) is 5.92 Å². The van der Waals surface area contributed by atoms with Crippen LogP contribution in [0.3, 0.4) is 0 Å². The van der Waals surface area contributed by atoms with E-state index >= 15 is 0 Å². The molecule has 0 heterocycles. The predicted molar refractivity (Wildman–Crippen MR) is 128 cm³/mol. The molecule has 4 atom stereocenters. The number of nitrogens with zero attached hydrogens (tertiary/aromatic N) is 1. The first-order valence-electron chi connectivity index (χ1n) is 11.1. The highest BCUT2D eigenvalue weighted by molar-refractivity contribution is 5.65. The molecule has 176 valence electrons. The number of carbonyl (C=O) groups excluding carboxylic acids is 1. The molecular weight excluding hydrogens is 392 g/mol. The van der Waals surface area contributed by atoms with E-state index in [4.69, 9.17) is 22.0 Å². The van der Waals surface area contributed by atoms with Gasteiger partial charge in [0.2, 0.25) is 6.41 Å². The summed E-state index contributed by atoms with van der Waals surface area (Å²) in [5.41, 5.74) is 14.0. The van der Waals surface area contributed by atoms with Gasteiger partial charge in [-0.1, -0.05) is 25.5 Å². The highest BCUT2D eigenvalue weighted by Gasteiger charge is 2.27. The number of nitrogen functional groups attached to an aromatic ring is 1. The number of amides is 1. The molecule has 0 aromatic heterocycles. The second-order valence-corrected chi connectivity index (χ2v) is 8.23. The van der Waals surface area contributed by atoms with E-state index in [0.717, 1.165) is 37.7 Å². The maximum Gasteiger partial charge on any atom is 0.207 e. The van der Waals surface area contributed by atoms with Gasteiger partial charge in [-0.05, 0) is 45.2 Å². The van der Waals surface area contributed by atoms with Crippen molar-refractivity contribution in [3.63, 3.8) is 0 Å². The summed E-state index contributed by atoms with van der Waals surface area (Å²) in [4.78, 5) is 11.2. The molecule has 0 aliphatic heterocycles. The van der Waals surface area contributed by atoms with Crippen LogP contribution < -0.4 is 27.9 Å². The van der Waals surface area contributed by atoms with E-state index in [1.54, 1.807) is 18.3 Å². The first-order chi connectivity index (χ1) is 14.8. The molecule has 4 unspecified atom stereocenters. The minimum absolute atomic E-state index is 0.000455. The van der Waals surface area contributed by atoms with Crippen molar-refractivity contribution in [1.29, 1.82) is 0 Å². The number of hydrazine groups is 1. The molecular formula is C23H42N6O2. The monoisotopic (exact) mass is 434 g/mol. The molecule has 0 fully saturated rings. The standard InChI is InChI=1S/C23H42N6O2/c1-5-17(2)28-18(3)23(27-16-30)20(15-31-4)9-6-7-12-29(26)14-22(25)19-10-8-11-21(24)13-19/h8,10-11,13-14,16-18,20,23,28H,5-7,9,12,15,24-26H2,1-4H3,(H,27,30)/b22-14-. The zero-order chi connectivity index (χ0) is 23.2. The largest absolute Gasteiger partial charge is 0.399 e. The summed E-state index contributed by atoms with van der Waals surface area (Å²) < 4.78 is 5.45. The van der Waals surface area contributed by atoms with Crippen LogP contribution in [0.2, 0.25) is 0 Å². The van der Waals surface area contributed by atoms with Gasteiger partial charge in [-0.2, -0.15) is 0 Å². The summed E-state index contributed by atoms with van der Waals surface area (Å²) in [6.45, 7) is 7.67. The van der Waals surface area contributed by atoms with Crippen molar-refractivity contribution in [2.24, 2.45) is 17.5 Å². The van der Waals surface area contributed by atoms with Crippen LogP contribution in [0.4, 0.5) is 5.69 Å². The summed E-state index contributed by atoms with van der Waals surface area (Å²) in [5, 5.41) is 8.18. The number of methoxy groups -OCH3 is 1. The minimum atomic E-state index is -0.000455. The Hall–Kier alpha value is -2.29. The molecule has 31 heavy (non-hydrogen) atoms. The van der Waals surface area contributed by atoms with Gasteiger partial charge in [0.25, 0.3) is 0 Å². The highest BCUT2D eigenvalue weighted by atomic mass is 16.5. The smallest absolute Gasteiger partial charge is 0.207 e. The fraction of sp³-hybridized carbons (Fsp3) is 0.609. The molecule has 0 aliphatic carbocycles. The van der Waals surface area contributed by atoms with E-state index in [-0.39, 0.29) is 18.0 Å². The van der Waals surface area contributed by atoms with Crippen LogP contribution in [0.1, 0.15) is 52.0 Å². The lowest BCUT2D eigenvalue weighted by Gasteiger charge is -2.33. The Morgan fingerprint density at radius 1 is 1.29 bits per heavy atom. The SMILES string of the molecule is CCC(C)NC(C)C(NC=O)C(CCCCN(N)/C=C(\N)c1cccc(N)c1)COC. The van der Waals surface area contributed by atoms with Gasteiger partial charge in [-0.15, -0.1) is 0 Å². The van der Waals surface area contributed by atoms with Gasteiger partial charge in [-0.25, -0.2) is 5.84 Å². The topological polar surface area (TPSA) is 132 Å². The van der Waals surface area contributed by atoms with Crippen molar-refractivity contribution in [3.05, 3.63) is 36.0 Å². The van der Waals surface area contributed by atoms with Gasteiger partial charge in [0.1, 0.15) is 0 Å². The number of benzene rings is 1. The molecule has 0 bridgehead atoms. The van der Waals surface area contributed by atoms with Crippen LogP contribution in [-0.4, -0.2) is 49.8 Å². The van der Waals surface area contributed by atoms with Crippen molar-refractivity contribution in [2.75, 3.05) is 26.0 Å². The number of anilines is 1. The molecule has 1 amide bonds. The van der Waals surface area contributed by atoms with E-state index in [1.165, 1.54) is 0 Å².